The van der Waals surface area contributed by atoms with Crippen molar-refractivity contribution in [3.63, 3.8) is 0 Å². The molecular formula is C22H19FN4O2. The van der Waals surface area contributed by atoms with Crippen LogP contribution in [0.25, 0.3) is 17.3 Å². The zero-order valence-corrected chi connectivity index (χ0v) is 15.8. The number of methoxy groups -OCH3 is 1. The topological polar surface area (TPSA) is 90.8 Å². The Morgan fingerprint density at radius 3 is 2.62 bits per heavy atom. The molecule has 0 radical (unpaired) electrons. The maximum atomic E-state index is 13.1. The molecule has 29 heavy (non-hydrogen) atoms. The van der Waals surface area contributed by atoms with Crippen molar-refractivity contribution in [1.82, 2.24) is 15.5 Å². The fraction of sp³-hybridized carbons (Fsp3) is 0.136. The van der Waals surface area contributed by atoms with Crippen LogP contribution in [0.4, 0.5) is 4.39 Å². The summed E-state index contributed by atoms with van der Waals surface area (Å²) < 4.78 is 18.3. The van der Waals surface area contributed by atoms with Gasteiger partial charge in [-0.25, -0.2) is 4.39 Å². The van der Waals surface area contributed by atoms with Gasteiger partial charge >= 0.3 is 0 Å². The second-order valence-electron chi connectivity index (χ2n) is 6.23. The van der Waals surface area contributed by atoms with E-state index in [0.29, 0.717) is 29.8 Å². The van der Waals surface area contributed by atoms with Crippen LogP contribution < -0.4 is 10.1 Å². The molecule has 3 rings (SSSR count). The standard InChI is InChI=1S/C22H19FN4O2/c1-29-20-8-2-15(3-9-20)10-11-25-22(28)17(13-24)12-18-14-26-27-21(18)16-4-6-19(23)7-5-16/h2-9,12,14H,10-11H2,1H3,(H,25,28)(H,26,27)/b17-12+. The lowest BCUT2D eigenvalue weighted by Crippen LogP contribution is -2.26. The number of nitrogens with one attached hydrogen (secondary N) is 2. The molecule has 1 heterocycles. The molecule has 0 bridgehead atoms. The van der Waals surface area contributed by atoms with Gasteiger partial charge in [-0.1, -0.05) is 12.1 Å². The largest absolute Gasteiger partial charge is 0.497 e. The molecule has 1 amide bonds. The lowest BCUT2D eigenvalue weighted by atomic mass is 10.1. The first-order chi connectivity index (χ1) is 14.1. The number of ether oxygens (including phenoxy) is 1. The van der Waals surface area contributed by atoms with Crippen LogP contribution in [0.15, 0.2) is 60.3 Å². The normalized spacial score (nSPS) is 11.0. The number of H-pyrrole nitrogens is 1. The van der Waals surface area contributed by atoms with Gasteiger partial charge in [0.25, 0.3) is 5.91 Å². The smallest absolute Gasteiger partial charge is 0.261 e. The van der Waals surface area contributed by atoms with E-state index in [0.717, 1.165) is 11.3 Å². The average Bonchev–Trinajstić information content (AvgIpc) is 3.21. The number of nitrogens with zero attached hydrogens (tertiary/aromatic N) is 2. The first-order valence-corrected chi connectivity index (χ1v) is 8.93. The van der Waals surface area contributed by atoms with Crippen LogP contribution in [0.5, 0.6) is 5.75 Å². The van der Waals surface area contributed by atoms with Crippen LogP contribution in [0.2, 0.25) is 0 Å². The van der Waals surface area contributed by atoms with Gasteiger partial charge in [-0.15, -0.1) is 0 Å². The van der Waals surface area contributed by atoms with Crippen LogP contribution in [-0.2, 0) is 11.2 Å². The third kappa shape index (κ3) is 5.08. The summed E-state index contributed by atoms with van der Waals surface area (Å²) in [6, 6.07) is 15.3. The van der Waals surface area contributed by atoms with Crippen molar-refractivity contribution in [2.24, 2.45) is 0 Å². The molecule has 0 aliphatic rings. The van der Waals surface area contributed by atoms with Crippen molar-refractivity contribution in [2.75, 3.05) is 13.7 Å². The molecule has 0 saturated carbocycles. The minimum atomic E-state index is -0.465. The number of aromatic amines is 1. The Bertz CT molecular complexity index is 1050. The molecule has 2 N–H and O–H groups in total. The van der Waals surface area contributed by atoms with E-state index in [2.05, 4.69) is 15.5 Å². The van der Waals surface area contributed by atoms with E-state index in [1.807, 2.05) is 30.3 Å². The highest BCUT2D eigenvalue weighted by Crippen LogP contribution is 2.23. The molecule has 1 aromatic heterocycles. The number of benzene rings is 2. The van der Waals surface area contributed by atoms with Gasteiger partial charge in [0, 0.05) is 17.7 Å². The Morgan fingerprint density at radius 1 is 1.24 bits per heavy atom. The highest BCUT2D eigenvalue weighted by atomic mass is 19.1. The van der Waals surface area contributed by atoms with Gasteiger partial charge < -0.3 is 10.1 Å². The minimum Gasteiger partial charge on any atom is -0.497 e. The zero-order chi connectivity index (χ0) is 20.6. The number of aromatic nitrogens is 2. The van der Waals surface area contributed by atoms with Crippen LogP contribution in [0.3, 0.4) is 0 Å². The molecule has 0 fully saturated rings. The van der Waals surface area contributed by atoms with E-state index in [1.165, 1.54) is 24.4 Å². The highest BCUT2D eigenvalue weighted by molar-refractivity contribution is 6.02. The van der Waals surface area contributed by atoms with Crippen molar-refractivity contribution in [3.05, 3.63) is 77.2 Å². The Balaban J connectivity index is 1.67. The summed E-state index contributed by atoms with van der Waals surface area (Å²) in [7, 11) is 1.60. The molecule has 0 saturated heterocycles. The molecule has 3 aromatic rings. The van der Waals surface area contributed by atoms with Crippen molar-refractivity contribution < 1.29 is 13.9 Å². The number of carbonyl (C=O) groups excluding carboxylic acids is 1. The summed E-state index contributed by atoms with van der Waals surface area (Å²) in [4.78, 5) is 12.4. The maximum Gasteiger partial charge on any atom is 0.261 e. The van der Waals surface area contributed by atoms with Gasteiger partial charge in [0.05, 0.1) is 19.0 Å². The van der Waals surface area contributed by atoms with Gasteiger partial charge in [-0.05, 0) is 54.5 Å². The first-order valence-electron chi connectivity index (χ1n) is 8.93. The Labute approximate surface area is 167 Å². The highest BCUT2D eigenvalue weighted by Gasteiger charge is 2.12. The molecule has 0 spiro atoms. The fourth-order valence-corrected chi connectivity index (χ4v) is 2.76. The van der Waals surface area contributed by atoms with Crippen LogP contribution in [0, 0.1) is 17.1 Å². The maximum absolute atomic E-state index is 13.1. The van der Waals surface area contributed by atoms with Gasteiger partial charge in [-0.3, -0.25) is 9.89 Å². The third-order valence-electron chi connectivity index (χ3n) is 4.32. The Morgan fingerprint density at radius 2 is 1.97 bits per heavy atom. The molecule has 0 aliphatic heterocycles. The fourth-order valence-electron chi connectivity index (χ4n) is 2.76. The second kappa shape index (κ2) is 9.33. The van der Waals surface area contributed by atoms with E-state index in [-0.39, 0.29) is 11.4 Å². The molecular weight excluding hydrogens is 371 g/mol. The summed E-state index contributed by atoms with van der Waals surface area (Å²) in [6.07, 6.45) is 3.60. The summed E-state index contributed by atoms with van der Waals surface area (Å²) in [6.45, 7) is 0.389. The second-order valence-corrected chi connectivity index (χ2v) is 6.23. The van der Waals surface area contributed by atoms with Crippen LogP contribution in [-0.4, -0.2) is 29.8 Å². The van der Waals surface area contributed by atoms with Gasteiger partial charge in [0.2, 0.25) is 0 Å². The lowest BCUT2D eigenvalue weighted by Gasteiger charge is -2.06. The number of hydrogen-bond donors (Lipinski definition) is 2. The monoisotopic (exact) mass is 390 g/mol. The van der Waals surface area contributed by atoms with E-state index < -0.39 is 5.91 Å². The SMILES string of the molecule is COc1ccc(CCNC(=O)/C(C#N)=C/c2cn[nH]c2-c2ccc(F)cc2)cc1. The van der Waals surface area contributed by atoms with Crippen molar-refractivity contribution >= 4 is 12.0 Å². The predicted molar refractivity (Wildman–Crippen MR) is 107 cm³/mol. The number of amides is 1. The van der Waals surface area contributed by atoms with Crippen LogP contribution >= 0.6 is 0 Å². The van der Waals surface area contributed by atoms with Gasteiger partial charge in [0.15, 0.2) is 0 Å². The zero-order valence-electron chi connectivity index (χ0n) is 15.8. The quantitative estimate of drug-likeness (QED) is 0.477. The van der Waals surface area contributed by atoms with Crippen LogP contribution in [0.1, 0.15) is 11.1 Å². The minimum absolute atomic E-state index is 0.0375. The molecule has 146 valence electrons. The lowest BCUT2D eigenvalue weighted by molar-refractivity contribution is -0.117. The first kappa shape index (κ1) is 19.8. The predicted octanol–water partition coefficient (Wildman–Crippen LogP) is 3.49. The molecule has 7 heteroatoms. The summed E-state index contributed by atoms with van der Waals surface area (Å²) >= 11 is 0. The van der Waals surface area contributed by atoms with E-state index >= 15 is 0 Å². The summed E-state index contributed by atoms with van der Waals surface area (Å²) in [5.74, 6) is -0.0452. The average molecular weight is 390 g/mol. The number of carbonyl (C=O) groups is 1. The number of rotatable bonds is 7. The van der Waals surface area contributed by atoms with Crippen molar-refractivity contribution in [2.45, 2.75) is 6.42 Å². The number of nitriles is 1. The molecule has 0 atom stereocenters. The Hall–Kier alpha value is -3.92. The molecule has 2 aromatic carbocycles. The molecule has 0 aliphatic carbocycles. The summed E-state index contributed by atoms with van der Waals surface area (Å²) in [5, 5.41) is 18.9. The number of halogens is 1. The van der Waals surface area contributed by atoms with E-state index in [9.17, 15) is 14.4 Å². The van der Waals surface area contributed by atoms with Crippen molar-refractivity contribution in [3.8, 4) is 23.1 Å². The molecule has 0 unspecified atom stereocenters. The van der Waals surface area contributed by atoms with E-state index in [1.54, 1.807) is 19.2 Å². The Kier molecular flexibility index (Phi) is 6.38. The molecule has 6 nitrogen and oxygen atoms in total. The van der Waals surface area contributed by atoms with Gasteiger partial charge in [-0.2, -0.15) is 10.4 Å². The third-order valence-corrected chi connectivity index (χ3v) is 4.32. The van der Waals surface area contributed by atoms with Gasteiger partial charge in [0.1, 0.15) is 23.2 Å². The van der Waals surface area contributed by atoms with E-state index in [4.69, 9.17) is 4.74 Å². The number of hydrogen-bond acceptors (Lipinski definition) is 4. The van der Waals surface area contributed by atoms with Crippen molar-refractivity contribution in [1.29, 1.82) is 5.26 Å². The summed E-state index contributed by atoms with van der Waals surface area (Å²) in [5.41, 5.74) is 2.88.